The van der Waals surface area contributed by atoms with Crippen molar-refractivity contribution < 1.29 is 14.3 Å². The third-order valence-corrected chi connectivity index (χ3v) is 5.60. The molecule has 2 aromatic rings. The number of ether oxygens (including phenoxy) is 1. The van der Waals surface area contributed by atoms with Gasteiger partial charge in [-0.05, 0) is 75.1 Å². The van der Waals surface area contributed by atoms with E-state index in [1.807, 2.05) is 52.8 Å². The van der Waals surface area contributed by atoms with E-state index in [1.165, 1.54) is 4.90 Å². The Morgan fingerprint density at radius 2 is 1.77 bits per heavy atom. The smallest absolute Gasteiger partial charge is 0.261 e. The topological polar surface area (TPSA) is 58.6 Å². The summed E-state index contributed by atoms with van der Waals surface area (Å²) in [5.41, 5.74) is 2.94. The van der Waals surface area contributed by atoms with Gasteiger partial charge in [-0.3, -0.25) is 9.59 Å². The Hall–Kier alpha value is -2.24. The number of benzene rings is 2. The number of hydrogen-bond donors (Lipinski definition) is 1. The summed E-state index contributed by atoms with van der Waals surface area (Å²) in [5.74, 6) is 0.109. The molecule has 2 rings (SSSR count). The number of aryl methyl sites for hydroxylation is 2. The zero-order chi connectivity index (χ0) is 23.1. The molecule has 1 N–H and O–H groups in total. The van der Waals surface area contributed by atoms with Crippen molar-refractivity contribution in [2.24, 2.45) is 0 Å². The summed E-state index contributed by atoms with van der Waals surface area (Å²) < 4.78 is 5.75. The molecule has 0 heterocycles. The van der Waals surface area contributed by atoms with Gasteiger partial charge in [0.2, 0.25) is 5.91 Å². The molecular formula is C24H30Cl2N2O3. The highest BCUT2D eigenvalue weighted by Crippen LogP contribution is 2.24. The van der Waals surface area contributed by atoms with E-state index in [2.05, 4.69) is 5.32 Å². The fraction of sp³-hybridized carbons (Fsp3) is 0.417. The molecule has 5 nitrogen and oxygen atoms in total. The van der Waals surface area contributed by atoms with E-state index < -0.39 is 6.04 Å². The lowest BCUT2D eigenvalue weighted by Gasteiger charge is -2.31. The normalized spacial score (nSPS) is 11.9. The van der Waals surface area contributed by atoms with E-state index in [0.29, 0.717) is 27.8 Å². The number of carbonyl (C=O) groups excluding carboxylic acids is 2. The predicted octanol–water partition coefficient (Wildman–Crippen LogP) is 5.32. The van der Waals surface area contributed by atoms with Crippen LogP contribution in [0.5, 0.6) is 5.75 Å². The van der Waals surface area contributed by atoms with Crippen LogP contribution in [-0.4, -0.2) is 35.4 Å². The number of amides is 2. The highest BCUT2D eigenvalue weighted by atomic mass is 35.5. The molecule has 0 aromatic heterocycles. The molecule has 0 unspecified atom stereocenters. The molecule has 1 atom stereocenters. The Kier molecular flexibility index (Phi) is 9.20. The fourth-order valence-electron chi connectivity index (χ4n) is 3.17. The maximum atomic E-state index is 13.2. The Balaban J connectivity index is 2.26. The Labute approximate surface area is 194 Å². The van der Waals surface area contributed by atoms with Crippen LogP contribution >= 0.6 is 23.2 Å². The van der Waals surface area contributed by atoms with Crippen LogP contribution in [0.1, 0.15) is 43.9 Å². The number of halogens is 2. The third kappa shape index (κ3) is 7.15. The first kappa shape index (κ1) is 25.0. The second-order valence-corrected chi connectivity index (χ2v) is 8.72. The fourth-order valence-corrected chi connectivity index (χ4v) is 3.63. The first-order valence-electron chi connectivity index (χ1n) is 10.4. The van der Waals surface area contributed by atoms with Gasteiger partial charge in [0.05, 0.1) is 0 Å². The Morgan fingerprint density at radius 3 is 2.35 bits per heavy atom. The van der Waals surface area contributed by atoms with Crippen LogP contribution < -0.4 is 10.1 Å². The van der Waals surface area contributed by atoms with Crippen molar-refractivity contribution >= 4 is 35.0 Å². The standard InChI is InChI=1S/C24H30Cl2N2O3/c1-6-22(24(30)27-15(2)3)28(13-18-8-9-19(25)12-21(18)26)23(29)14-31-20-10-7-16(4)17(5)11-20/h7-12,15,22H,6,13-14H2,1-5H3,(H,27,30)/t22-/m1/s1. The van der Waals surface area contributed by atoms with Gasteiger partial charge in [-0.2, -0.15) is 0 Å². The molecule has 0 spiro atoms. The lowest BCUT2D eigenvalue weighted by molar-refractivity contribution is -0.143. The molecule has 0 aliphatic rings. The van der Waals surface area contributed by atoms with Gasteiger partial charge in [-0.1, -0.05) is 42.3 Å². The first-order chi connectivity index (χ1) is 14.6. The maximum Gasteiger partial charge on any atom is 0.261 e. The molecule has 2 aromatic carbocycles. The third-order valence-electron chi connectivity index (χ3n) is 5.01. The molecule has 2 amide bonds. The summed E-state index contributed by atoms with van der Waals surface area (Å²) in [6.45, 7) is 9.64. The van der Waals surface area contributed by atoms with E-state index in [1.54, 1.807) is 18.2 Å². The van der Waals surface area contributed by atoms with Gasteiger partial charge in [0, 0.05) is 22.6 Å². The van der Waals surface area contributed by atoms with Crippen LogP contribution in [0.25, 0.3) is 0 Å². The second-order valence-electron chi connectivity index (χ2n) is 7.88. The van der Waals surface area contributed by atoms with Crippen molar-refractivity contribution in [2.45, 2.75) is 59.7 Å². The van der Waals surface area contributed by atoms with Gasteiger partial charge in [0.25, 0.3) is 5.91 Å². The molecule has 0 saturated carbocycles. The molecule has 31 heavy (non-hydrogen) atoms. The molecule has 0 bridgehead atoms. The quantitative estimate of drug-likeness (QED) is 0.545. The highest BCUT2D eigenvalue weighted by molar-refractivity contribution is 6.35. The van der Waals surface area contributed by atoms with Crippen molar-refractivity contribution in [2.75, 3.05) is 6.61 Å². The summed E-state index contributed by atoms with van der Waals surface area (Å²) in [6, 6.07) is 10.1. The summed E-state index contributed by atoms with van der Waals surface area (Å²) in [7, 11) is 0. The zero-order valence-electron chi connectivity index (χ0n) is 18.7. The molecule has 7 heteroatoms. The maximum absolute atomic E-state index is 13.2. The van der Waals surface area contributed by atoms with Crippen LogP contribution in [0.3, 0.4) is 0 Å². The van der Waals surface area contributed by atoms with Gasteiger partial charge in [-0.15, -0.1) is 0 Å². The van der Waals surface area contributed by atoms with Gasteiger partial charge in [0.15, 0.2) is 6.61 Å². The van der Waals surface area contributed by atoms with E-state index in [0.717, 1.165) is 11.1 Å². The zero-order valence-corrected chi connectivity index (χ0v) is 20.2. The van der Waals surface area contributed by atoms with Crippen LogP contribution in [0.2, 0.25) is 10.0 Å². The van der Waals surface area contributed by atoms with Crippen molar-refractivity contribution in [1.29, 1.82) is 0 Å². The van der Waals surface area contributed by atoms with Crippen LogP contribution in [0, 0.1) is 13.8 Å². The minimum absolute atomic E-state index is 0.0376. The van der Waals surface area contributed by atoms with Crippen LogP contribution in [0.15, 0.2) is 36.4 Å². The molecule has 0 radical (unpaired) electrons. The monoisotopic (exact) mass is 464 g/mol. The number of rotatable bonds is 9. The molecule has 0 saturated heterocycles. The van der Waals surface area contributed by atoms with Crippen molar-refractivity contribution in [3.8, 4) is 5.75 Å². The SMILES string of the molecule is CC[C@H](C(=O)NC(C)C)N(Cc1ccc(Cl)cc1Cl)C(=O)COc1ccc(C)c(C)c1. The summed E-state index contributed by atoms with van der Waals surface area (Å²) in [5, 5.41) is 3.85. The summed E-state index contributed by atoms with van der Waals surface area (Å²) >= 11 is 12.3. The second kappa shape index (κ2) is 11.4. The lowest BCUT2D eigenvalue weighted by Crippen LogP contribution is -2.51. The largest absolute Gasteiger partial charge is 0.484 e. The molecule has 0 aliphatic carbocycles. The summed E-state index contributed by atoms with van der Waals surface area (Å²) in [4.78, 5) is 27.5. The molecule has 0 fully saturated rings. The minimum Gasteiger partial charge on any atom is -0.484 e. The molecule has 168 valence electrons. The first-order valence-corrected chi connectivity index (χ1v) is 11.1. The van der Waals surface area contributed by atoms with Gasteiger partial charge in [-0.25, -0.2) is 0 Å². The van der Waals surface area contributed by atoms with E-state index in [-0.39, 0.29) is 31.0 Å². The van der Waals surface area contributed by atoms with Gasteiger partial charge >= 0.3 is 0 Å². The van der Waals surface area contributed by atoms with Gasteiger partial charge < -0.3 is 15.0 Å². The van der Waals surface area contributed by atoms with Crippen molar-refractivity contribution in [3.05, 3.63) is 63.1 Å². The average molecular weight is 465 g/mol. The summed E-state index contributed by atoms with van der Waals surface area (Å²) in [6.07, 6.45) is 0.457. The van der Waals surface area contributed by atoms with Crippen molar-refractivity contribution in [1.82, 2.24) is 10.2 Å². The molecular weight excluding hydrogens is 435 g/mol. The number of hydrogen-bond acceptors (Lipinski definition) is 3. The number of nitrogens with zero attached hydrogens (tertiary/aromatic N) is 1. The van der Waals surface area contributed by atoms with Crippen LogP contribution in [0.4, 0.5) is 0 Å². The van der Waals surface area contributed by atoms with Crippen molar-refractivity contribution in [3.63, 3.8) is 0 Å². The van der Waals surface area contributed by atoms with E-state index in [4.69, 9.17) is 27.9 Å². The Bertz CT molecular complexity index is 931. The highest BCUT2D eigenvalue weighted by Gasteiger charge is 2.29. The number of carbonyl (C=O) groups is 2. The number of nitrogens with one attached hydrogen (secondary N) is 1. The average Bonchev–Trinajstić information content (AvgIpc) is 2.69. The predicted molar refractivity (Wildman–Crippen MR) is 126 cm³/mol. The van der Waals surface area contributed by atoms with Gasteiger partial charge in [0.1, 0.15) is 11.8 Å². The lowest BCUT2D eigenvalue weighted by atomic mass is 10.1. The molecule has 0 aliphatic heterocycles. The Morgan fingerprint density at radius 1 is 1.06 bits per heavy atom. The van der Waals surface area contributed by atoms with Crippen LogP contribution in [-0.2, 0) is 16.1 Å². The van der Waals surface area contributed by atoms with E-state index >= 15 is 0 Å². The van der Waals surface area contributed by atoms with E-state index in [9.17, 15) is 9.59 Å². The minimum atomic E-state index is -0.648.